The maximum atomic E-state index is 13.8. The normalized spacial score (nSPS) is 10.7. The zero-order chi connectivity index (χ0) is 20.9. The van der Waals surface area contributed by atoms with Crippen LogP contribution in [0.3, 0.4) is 0 Å². The zero-order valence-corrected chi connectivity index (χ0v) is 16.9. The van der Waals surface area contributed by atoms with Gasteiger partial charge >= 0.3 is 6.03 Å². The van der Waals surface area contributed by atoms with Crippen molar-refractivity contribution < 1.29 is 13.9 Å². The third kappa shape index (κ3) is 4.38. The summed E-state index contributed by atoms with van der Waals surface area (Å²) in [5.74, 6) is 0.607. The van der Waals surface area contributed by atoms with Gasteiger partial charge in [0.1, 0.15) is 18.2 Å². The number of fused-ring (bicyclic) bond motifs is 1. The summed E-state index contributed by atoms with van der Waals surface area (Å²) in [7, 11) is 0. The number of amides is 2. The molecule has 1 aromatic heterocycles. The van der Waals surface area contributed by atoms with Crippen molar-refractivity contribution in [3.63, 3.8) is 0 Å². The minimum Gasteiger partial charge on any atom is -0.489 e. The number of carbonyl (C=O) groups excluding carboxylic acids is 1. The number of aromatic amines is 1. The number of carbonyl (C=O) groups is 1. The molecular weight excluding hydrogens is 403 g/mol. The van der Waals surface area contributed by atoms with Crippen LogP contribution < -0.4 is 15.4 Å². The van der Waals surface area contributed by atoms with E-state index in [1.165, 1.54) is 6.07 Å². The Labute approximate surface area is 176 Å². The van der Waals surface area contributed by atoms with Gasteiger partial charge in [-0.3, -0.25) is 10.4 Å². The van der Waals surface area contributed by atoms with Gasteiger partial charge in [-0.15, -0.1) is 11.8 Å². The van der Waals surface area contributed by atoms with Gasteiger partial charge in [0.15, 0.2) is 5.82 Å². The molecule has 0 fully saturated rings. The number of H-pyrrole nitrogens is 1. The monoisotopic (exact) mass is 422 g/mol. The fraction of sp³-hybridized carbons (Fsp3) is 0.0909. The van der Waals surface area contributed by atoms with Crippen LogP contribution in [-0.2, 0) is 6.61 Å². The Kier molecular flexibility index (Phi) is 5.85. The Morgan fingerprint density at radius 2 is 1.90 bits per heavy atom. The smallest absolute Gasteiger partial charge is 0.324 e. The molecule has 2 amide bonds. The van der Waals surface area contributed by atoms with Crippen molar-refractivity contribution >= 4 is 40.2 Å². The molecule has 0 saturated carbocycles. The number of thioether (sulfide) groups is 1. The van der Waals surface area contributed by atoms with Crippen LogP contribution in [0.15, 0.2) is 71.6 Å². The second-order valence-electron chi connectivity index (χ2n) is 6.44. The molecular formula is C22H19FN4O2S. The molecule has 1 heterocycles. The van der Waals surface area contributed by atoms with E-state index in [-0.39, 0.29) is 12.4 Å². The van der Waals surface area contributed by atoms with E-state index in [9.17, 15) is 9.18 Å². The lowest BCUT2D eigenvalue weighted by molar-refractivity contribution is 0.262. The Morgan fingerprint density at radius 1 is 1.10 bits per heavy atom. The van der Waals surface area contributed by atoms with E-state index >= 15 is 0 Å². The molecule has 4 rings (SSSR count). The first-order valence-corrected chi connectivity index (χ1v) is 10.4. The summed E-state index contributed by atoms with van der Waals surface area (Å²) in [6.07, 6.45) is 1.95. The van der Waals surface area contributed by atoms with Crippen LogP contribution in [0.5, 0.6) is 5.75 Å². The predicted molar refractivity (Wildman–Crippen MR) is 118 cm³/mol. The first-order valence-electron chi connectivity index (χ1n) is 9.19. The molecule has 0 saturated heterocycles. The van der Waals surface area contributed by atoms with Crippen LogP contribution in [0.2, 0.25) is 0 Å². The summed E-state index contributed by atoms with van der Waals surface area (Å²) in [6, 6.07) is 18.9. The summed E-state index contributed by atoms with van der Waals surface area (Å²) in [6.45, 7) is 0.102. The van der Waals surface area contributed by atoms with E-state index in [2.05, 4.69) is 20.8 Å². The number of anilines is 2. The summed E-state index contributed by atoms with van der Waals surface area (Å²) in [4.78, 5) is 13.4. The highest BCUT2D eigenvalue weighted by Crippen LogP contribution is 2.27. The van der Waals surface area contributed by atoms with Crippen LogP contribution in [0.1, 0.15) is 5.56 Å². The van der Waals surface area contributed by atoms with Crippen molar-refractivity contribution in [1.82, 2.24) is 10.2 Å². The molecule has 0 aliphatic rings. The van der Waals surface area contributed by atoms with E-state index < -0.39 is 6.03 Å². The Balaban J connectivity index is 1.48. The topological polar surface area (TPSA) is 79.0 Å². The maximum Gasteiger partial charge on any atom is 0.324 e. The zero-order valence-electron chi connectivity index (χ0n) is 16.1. The van der Waals surface area contributed by atoms with E-state index in [1.54, 1.807) is 48.2 Å². The summed E-state index contributed by atoms with van der Waals surface area (Å²) in [5, 5.41) is 13.3. The second-order valence-corrected chi connectivity index (χ2v) is 7.29. The van der Waals surface area contributed by atoms with Crippen molar-refractivity contribution in [3.05, 3.63) is 78.1 Å². The molecule has 30 heavy (non-hydrogen) atoms. The van der Waals surface area contributed by atoms with E-state index in [4.69, 9.17) is 4.74 Å². The number of halogens is 1. The van der Waals surface area contributed by atoms with Crippen LogP contribution in [0.25, 0.3) is 10.9 Å². The van der Waals surface area contributed by atoms with E-state index in [0.717, 1.165) is 16.1 Å². The van der Waals surface area contributed by atoms with Gasteiger partial charge < -0.3 is 10.1 Å². The fourth-order valence-corrected chi connectivity index (χ4v) is 3.52. The van der Waals surface area contributed by atoms with Crippen LogP contribution in [0.4, 0.5) is 20.7 Å². The third-order valence-electron chi connectivity index (χ3n) is 4.47. The molecule has 0 bridgehead atoms. The van der Waals surface area contributed by atoms with Crippen molar-refractivity contribution in [3.8, 4) is 5.75 Å². The number of nitrogens with zero attached hydrogens (tertiary/aromatic N) is 1. The molecule has 0 atom stereocenters. The van der Waals surface area contributed by atoms with Gasteiger partial charge in [-0.25, -0.2) is 9.18 Å². The molecule has 0 unspecified atom stereocenters. The molecule has 0 radical (unpaired) electrons. The van der Waals surface area contributed by atoms with Crippen LogP contribution in [-0.4, -0.2) is 22.5 Å². The minimum atomic E-state index is -0.400. The standard InChI is InChI=1S/C22H19FN4O2S/c1-30-20-9-5-4-8-19(20)24-22(28)25-21-16-12-15(10-11-18(16)26-27-21)29-13-14-6-2-3-7-17(14)23/h2-12H,13H2,1H3,(H3,24,25,26,27,28). The number of hydrogen-bond acceptors (Lipinski definition) is 4. The van der Waals surface area contributed by atoms with Crippen LogP contribution in [0, 0.1) is 5.82 Å². The fourth-order valence-electron chi connectivity index (χ4n) is 2.96. The number of aromatic nitrogens is 2. The summed E-state index contributed by atoms with van der Waals surface area (Å²) < 4.78 is 19.5. The number of rotatable bonds is 6. The number of benzene rings is 3. The molecule has 3 N–H and O–H groups in total. The molecule has 0 aliphatic heterocycles. The van der Waals surface area contributed by atoms with E-state index in [0.29, 0.717) is 22.5 Å². The van der Waals surface area contributed by atoms with Crippen molar-refractivity contribution in [2.24, 2.45) is 0 Å². The lowest BCUT2D eigenvalue weighted by atomic mass is 10.2. The van der Waals surface area contributed by atoms with Gasteiger partial charge in [0.25, 0.3) is 0 Å². The van der Waals surface area contributed by atoms with Crippen molar-refractivity contribution in [1.29, 1.82) is 0 Å². The van der Waals surface area contributed by atoms with Crippen molar-refractivity contribution in [2.45, 2.75) is 11.5 Å². The highest BCUT2D eigenvalue weighted by molar-refractivity contribution is 7.98. The summed E-state index contributed by atoms with van der Waals surface area (Å²) >= 11 is 1.55. The largest absolute Gasteiger partial charge is 0.489 e. The Morgan fingerprint density at radius 3 is 2.73 bits per heavy atom. The average Bonchev–Trinajstić information content (AvgIpc) is 3.15. The van der Waals surface area contributed by atoms with Gasteiger partial charge in [-0.2, -0.15) is 5.10 Å². The average molecular weight is 422 g/mol. The summed E-state index contributed by atoms with van der Waals surface area (Å²) in [5.41, 5.74) is 1.93. The van der Waals surface area contributed by atoms with Gasteiger partial charge in [-0.05, 0) is 42.7 Å². The van der Waals surface area contributed by atoms with E-state index in [1.807, 2.05) is 30.5 Å². The number of urea groups is 1. The molecule has 3 aromatic carbocycles. The number of hydrogen-bond donors (Lipinski definition) is 3. The highest BCUT2D eigenvalue weighted by Gasteiger charge is 2.12. The number of nitrogens with one attached hydrogen (secondary N) is 3. The molecule has 0 spiro atoms. The molecule has 0 aliphatic carbocycles. The lowest BCUT2D eigenvalue weighted by Gasteiger charge is -2.10. The maximum absolute atomic E-state index is 13.8. The van der Waals surface area contributed by atoms with Crippen LogP contribution >= 0.6 is 11.8 Å². The molecule has 8 heteroatoms. The number of ether oxygens (including phenoxy) is 1. The molecule has 4 aromatic rings. The highest BCUT2D eigenvalue weighted by atomic mass is 32.2. The molecule has 152 valence electrons. The Hall–Kier alpha value is -3.52. The third-order valence-corrected chi connectivity index (χ3v) is 5.27. The Bertz CT molecular complexity index is 1190. The first-order chi connectivity index (χ1) is 14.6. The van der Waals surface area contributed by atoms with Gasteiger partial charge in [0.05, 0.1) is 11.2 Å². The molecule has 6 nitrogen and oxygen atoms in total. The predicted octanol–water partition coefficient (Wildman–Crippen LogP) is 5.65. The lowest BCUT2D eigenvalue weighted by Crippen LogP contribution is -2.20. The second kappa shape index (κ2) is 8.87. The first kappa shape index (κ1) is 19.8. The van der Waals surface area contributed by atoms with Gasteiger partial charge in [0.2, 0.25) is 0 Å². The quantitative estimate of drug-likeness (QED) is 0.351. The SMILES string of the molecule is CSc1ccccc1NC(=O)Nc1n[nH]c2ccc(OCc3ccccc3F)cc12. The van der Waals surface area contributed by atoms with Gasteiger partial charge in [0, 0.05) is 15.8 Å². The number of para-hydroxylation sites is 1. The minimum absolute atomic E-state index is 0.102. The van der Waals surface area contributed by atoms with Crippen molar-refractivity contribution in [2.75, 3.05) is 16.9 Å². The van der Waals surface area contributed by atoms with Gasteiger partial charge in [-0.1, -0.05) is 30.3 Å².